The van der Waals surface area contributed by atoms with E-state index in [1.54, 1.807) is 0 Å². The van der Waals surface area contributed by atoms with Gasteiger partial charge in [-0.2, -0.15) is 0 Å². The van der Waals surface area contributed by atoms with Crippen LogP contribution in [0.2, 0.25) is 0 Å². The summed E-state index contributed by atoms with van der Waals surface area (Å²) >= 11 is 0. The number of rotatable bonds is 7. The van der Waals surface area contributed by atoms with Crippen LogP contribution in [0.5, 0.6) is 0 Å². The minimum atomic E-state index is -1.66. The lowest BCUT2D eigenvalue weighted by Crippen LogP contribution is -2.54. The fraction of sp³-hybridized carbons (Fsp3) is 0.429. The number of hydrogen-bond acceptors (Lipinski definition) is 4. The van der Waals surface area contributed by atoms with Gasteiger partial charge < -0.3 is 20.7 Å². The lowest BCUT2D eigenvalue weighted by Gasteiger charge is -2.21. The van der Waals surface area contributed by atoms with Crippen molar-refractivity contribution in [3.63, 3.8) is 0 Å². The molecular formula is C14H19BN2O4. The molecule has 0 aliphatic heterocycles. The molecule has 0 radical (unpaired) electrons. The van der Waals surface area contributed by atoms with Crippen LogP contribution in [0.1, 0.15) is 24.0 Å². The highest BCUT2D eigenvalue weighted by Crippen LogP contribution is 2.35. The summed E-state index contributed by atoms with van der Waals surface area (Å²) in [5, 5.41) is 24.0. The van der Waals surface area contributed by atoms with Crippen molar-refractivity contribution in [3.05, 3.63) is 35.4 Å². The second-order valence-corrected chi connectivity index (χ2v) is 5.53. The normalized spacial score (nSPS) is 16.7. The summed E-state index contributed by atoms with van der Waals surface area (Å²) in [6.07, 6.45) is 1.94. The largest absolute Gasteiger partial charge is 0.475 e. The van der Waals surface area contributed by atoms with Gasteiger partial charge in [-0.15, -0.1) is 0 Å². The molecule has 1 aromatic carbocycles. The van der Waals surface area contributed by atoms with Crippen LogP contribution in [0.25, 0.3) is 0 Å². The fourth-order valence-corrected chi connectivity index (χ4v) is 2.19. The molecule has 1 atom stereocenters. The van der Waals surface area contributed by atoms with E-state index in [2.05, 4.69) is 10.6 Å². The molecule has 0 spiro atoms. The number of amides is 2. The monoisotopic (exact) mass is 290 g/mol. The van der Waals surface area contributed by atoms with E-state index < -0.39 is 18.6 Å². The first-order valence-electron chi connectivity index (χ1n) is 6.91. The van der Waals surface area contributed by atoms with Crippen molar-refractivity contribution < 1.29 is 19.6 Å². The molecule has 1 aliphatic carbocycles. The third kappa shape index (κ3) is 3.83. The van der Waals surface area contributed by atoms with Gasteiger partial charge in [0.15, 0.2) is 0 Å². The predicted molar refractivity (Wildman–Crippen MR) is 78.2 cm³/mol. The molecule has 6 nitrogen and oxygen atoms in total. The predicted octanol–water partition coefficient (Wildman–Crippen LogP) is -0.687. The van der Waals surface area contributed by atoms with E-state index in [-0.39, 0.29) is 5.91 Å². The molecule has 112 valence electrons. The Morgan fingerprint density at radius 2 is 2.00 bits per heavy atom. The van der Waals surface area contributed by atoms with Gasteiger partial charge >= 0.3 is 7.12 Å². The fourth-order valence-electron chi connectivity index (χ4n) is 2.19. The molecule has 7 heteroatoms. The van der Waals surface area contributed by atoms with E-state index in [1.807, 2.05) is 31.2 Å². The van der Waals surface area contributed by atoms with Crippen molar-refractivity contribution >= 4 is 19.4 Å². The maximum atomic E-state index is 12.1. The molecule has 1 aliphatic rings. The van der Waals surface area contributed by atoms with Crippen LogP contribution < -0.4 is 10.6 Å². The molecule has 4 N–H and O–H groups in total. The molecule has 1 fully saturated rings. The van der Waals surface area contributed by atoms with Crippen LogP contribution >= 0.6 is 0 Å². The highest BCUT2D eigenvalue weighted by Gasteiger charge is 2.50. The summed E-state index contributed by atoms with van der Waals surface area (Å²) in [4.78, 5) is 22.6. The van der Waals surface area contributed by atoms with Gasteiger partial charge in [-0.05, 0) is 31.7 Å². The zero-order chi connectivity index (χ0) is 15.5. The average molecular weight is 290 g/mol. The average Bonchev–Trinajstić information content (AvgIpc) is 3.21. The molecule has 2 rings (SSSR count). The minimum absolute atomic E-state index is 0.306. The highest BCUT2D eigenvalue weighted by molar-refractivity contribution is 6.43. The molecule has 0 aromatic heterocycles. The van der Waals surface area contributed by atoms with Crippen molar-refractivity contribution in [3.8, 4) is 0 Å². The third-order valence-electron chi connectivity index (χ3n) is 3.77. The summed E-state index contributed by atoms with van der Waals surface area (Å²) in [5.41, 5.74) is 1.13. The van der Waals surface area contributed by atoms with E-state index >= 15 is 0 Å². The Morgan fingerprint density at radius 3 is 2.48 bits per heavy atom. The van der Waals surface area contributed by atoms with E-state index in [4.69, 9.17) is 0 Å². The van der Waals surface area contributed by atoms with Gasteiger partial charge in [0.05, 0.1) is 5.94 Å². The molecular weight excluding hydrogens is 271 g/mol. The Hall–Kier alpha value is -1.86. The zero-order valence-electron chi connectivity index (χ0n) is 11.9. The number of carbonyl (C=O) groups is 2. The second-order valence-electron chi connectivity index (χ2n) is 5.53. The van der Waals surface area contributed by atoms with Crippen molar-refractivity contribution in [2.24, 2.45) is 0 Å². The van der Waals surface area contributed by atoms with Gasteiger partial charge in [0.2, 0.25) is 12.3 Å². The summed E-state index contributed by atoms with van der Waals surface area (Å²) in [6, 6.07) is 7.61. The van der Waals surface area contributed by atoms with Crippen LogP contribution in [0.15, 0.2) is 24.3 Å². The van der Waals surface area contributed by atoms with E-state index in [9.17, 15) is 19.6 Å². The molecule has 1 saturated carbocycles. The van der Waals surface area contributed by atoms with Crippen molar-refractivity contribution in [2.45, 2.75) is 37.7 Å². The van der Waals surface area contributed by atoms with Crippen molar-refractivity contribution in [2.75, 3.05) is 0 Å². The molecule has 0 bridgehead atoms. The van der Waals surface area contributed by atoms with Crippen molar-refractivity contribution in [1.29, 1.82) is 0 Å². The zero-order valence-corrected chi connectivity index (χ0v) is 11.9. The first kappa shape index (κ1) is 15.5. The quantitative estimate of drug-likeness (QED) is 0.395. The van der Waals surface area contributed by atoms with Crippen LogP contribution in [0.4, 0.5) is 0 Å². The van der Waals surface area contributed by atoms with E-state index in [0.717, 1.165) is 11.1 Å². The lowest BCUT2D eigenvalue weighted by molar-refractivity contribution is -0.126. The lowest BCUT2D eigenvalue weighted by atomic mass is 9.75. The molecule has 0 saturated heterocycles. The summed E-state index contributed by atoms with van der Waals surface area (Å²) in [6.45, 7) is 1.96. The smallest absolute Gasteiger partial charge is 0.426 e. The third-order valence-corrected chi connectivity index (χ3v) is 3.77. The van der Waals surface area contributed by atoms with Gasteiger partial charge in [-0.3, -0.25) is 9.59 Å². The number of carbonyl (C=O) groups excluding carboxylic acids is 2. The first-order valence-corrected chi connectivity index (χ1v) is 6.91. The Kier molecular flexibility index (Phi) is 4.64. The maximum absolute atomic E-state index is 12.1. The van der Waals surface area contributed by atoms with Crippen LogP contribution in [-0.4, -0.2) is 41.0 Å². The molecule has 1 aromatic rings. The van der Waals surface area contributed by atoms with Crippen molar-refractivity contribution in [1.82, 2.24) is 10.6 Å². The molecule has 21 heavy (non-hydrogen) atoms. The molecule has 0 unspecified atom stereocenters. The van der Waals surface area contributed by atoms with Gasteiger partial charge in [0, 0.05) is 0 Å². The van der Waals surface area contributed by atoms with Gasteiger partial charge in [0.25, 0.3) is 0 Å². The second kappa shape index (κ2) is 6.28. The van der Waals surface area contributed by atoms with Crippen LogP contribution in [-0.2, 0) is 16.0 Å². The Labute approximate surface area is 123 Å². The molecule has 0 heterocycles. The SMILES string of the molecule is Cc1ccc(C[C@H](NC(=O)C2(NC=O)CC2)B(O)O)cc1. The number of hydrogen-bond donors (Lipinski definition) is 4. The van der Waals surface area contributed by atoms with Gasteiger partial charge in [0.1, 0.15) is 5.54 Å². The summed E-state index contributed by atoms with van der Waals surface area (Å²) < 4.78 is 0. The molecule has 2 amide bonds. The Balaban J connectivity index is 2.01. The van der Waals surface area contributed by atoms with Crippen LogP contribution in [0.3, 0.4) is 0 Å². The van der Waals surface area contributed by atoms with Gasteiger partial charge in [-0.25, -0.2) is 0 Å². The Morgan fingerprint density at radius 1 is 1.38 bits per heavy atom. The summed E-state index contributed by atoms with van der Waals surface area (Å²) in [5.74, 6) is -1.19. The van der Waals surface area contributed by atoms with Gasteiger partial charge in [-0.1, -0.05) is 29.8 Å². The van der Waals surface area contributed by atoms with Crippen LogP contribution in [0, 0.1) is 6.92 Å². The number of nitrogens with one attached hydrogen (secondary N) is 2. The number of benzene rings is 1. The highest BCUT2D eigenvalue weighted by atomic mass is 16.4. The minimum Gasteiger partial charge on any atom is -0.426 e. The topological polar surface area (TPSA) is 98.7 Å². The number of aryl methyl sites for hydroxylation is 1. The summed E-state index contributed by atoms with van der Waals surface area (Å²) in [7, 11) is -1.66. The Bertz CT molecular complexity index is 514. The van der Waals surface area contributed by atoms with E-state index in [1.165, 1.54) is 0 Å². The maximum Gasteiger partial charge on any atom is 0.475 e. The van der Waals surface area contributed by atoms with E-state index in [0.29, 0.717) is 25.7 Å². The standard InChI is InChI=1S/C14H19BN2O4/c1-10-2-4-11(5-3-10)8-12(15(20)21)17-13(19)14(6-7-14)16-9-18/h2-5,9,12,20-21H,6-8H2,1H3,(H,16,18)(H,17,19)/t12-/m0/s1. The first-order chi connectivity index (χ1) is 9.97.